The number of hydrogen-bond acceptors (Lipinski definition) is 2. The quantitative estimate of drug-likeness (QED) is 0.769. The number of ether oxygens (including phenoxy) is 1. The Kier molecular flexibility index (Phi) is 2.92. The van der Waals surface area contributed by atoms with E-state index in [-0.39, 0.29) is 55.6 Å². The fraction of sp³-hybridized carbons (Fsp3) is 0.143. The van der Waals surface area contributed by atoms with Gasteiger partial charge in [-0.2, -0.15) is 12.1 Å². The summed E-state index contributed by atoms with van der Waals surface area (Å²) in [4.78, 5) is 0. The Bertz CT molecular complexity index is 275. The molecule has 0 saturated carbocycles. The molecule has 0 saturated heterocycles. The molecule has 0 amide bonds. The zero-order chi connectivity index (χ0) is 9.19. The summed E-state index contributed by atoms with van der Waals surface area (Å²) in [6.07, 6.45) is 0. The third-order valence-electron chi connectivity index (χ3n) is 0.914. The topological polar surface area (TPSA) is 29.5 Å². The van der Waals surface area contributed by atoms with Crippen molar-refractivity contribution >= 4 is 0 Å². The van der Waals surface area contributed by atoms with E-state index in [0.29, 0.717) is 0 Å². The average Bonchev–Trinajstić information content (AvgIpc) is 1.91. The first-order valence-electron chi connectivity index (χ1n) is 3.87. The number of benzene rings is 1. The van der Waals surface area contributed by atoms with E-state index in [1.165, 1.54) is 18.2 Å². The standard InChI is InChI=1S/C7H7O2.Ac/c1-9-7-5-3-2-4-6(7)8;/h2,4-5,8H,1H3;/q-1;/i1D3;. The molecular formula is C7H7AcO2-. The van der Waals surface area contributed by atoms with Gasteiger partial charge in [-0.05, 0) is 0 Å². The van der Waals surface area contributed by atoms with Gasteiger partial charge in [0.1, 0.15) is 0 Å². The van der Waals surface area contributed by atoms with Crippen molar-refractivity contribution < 1.29 is 58.0 Å². The van der Waals surface area contributed by atoms with Gasteiger partial charge in [0, 0.05) is 55.6 Å². The van der Waals surface area contributed by atoms with Crippen LogP contribution in [0.25, 0.3) is 0 Å². The zero-order valence-corrected chi connectivity index (χ0v) is 9.91. The molecule has 0 fully saturated rings. The first-order valence-corrected chi connectivity index (χ1v) is 2.37. The molecule has 1 aromatic carbocycles. The molecule has 0 unspecified atom stereocenters. The second-order valence-corrected chi connectivity index (χ2v) is 1.50. The molecule has 1 rings (SSSR count). The largest absolute Gasteiger partial charge is 0.551 e. The molecule has 0 aliphatic carbocycles. The Hall–Kier alpha value is 0.262. The van der Waals surface area contributed by atoms with Crippen molar-refractivity contribution in [1.82, 2.24) is 0 Å². The van der Waals surface area contributed by atoms with Gasteiger partial charge in [0.2, 0.25) is 0 Å². The normalized spacial score (nSPS) is 13.8. The number of aromatic hydroxyl groups is 1. The van der Waals surface area contributed by atoms with Crippen LogP contribution in [0.1, 0.15) is 4.11 Å². The van der Waals surface area contributed by atoms with Crippen LogP contribution in [0.5, 0.6) is 11.5 Å². The van der Waals surface area contributed by atoms with Crippen LogP contribution in [0.3, 0.4) is 0 Å². The third-order valence-corrected chi connectivity index (χ3v) is 0.914. The van der Waals surface area contributed by atoms with Gasteiger partial charge in [0.15, 0.2) is 0 Å². The summed E-state index contributed by atoms with van der Waals surface area (Å²) in [7, 11) is -2.54. The van der Waals surface area contributed by atoms with Gasteiger partial charge in [-0.25, -0.2) is 0 Å². The monoisotopic (exact) mass is 353 g/mol. The van der Waals surface area contributed by atoms with E-state index in [4.69, 9.17) is 9.22 Å². The van der Waals surface area contributed by atoms with Crippen LogP contribution in [0.4, 0.5) is 0 Å². The van der Waals surface area contributed by atoms with Crippen LogP contribution >= 0.6 is 0 Å². The molecule has 0 aliphatic heterocycles. The summed E-state index contributed by atoms with van der Waals surface area (Å²) in [6, 6.07) is 6.62. The van der Waals surface area contributed by atoms with Gasteiger partial charge < -0.3 is 9.84 Å². The third kappa shape index (κ3) is 2.48. The van der Waals surface area contributed by atoms with Crippen LogP contribution in [-0.2, 0) is 0 Å². The molecule has 0 aliphatic rings. The maximum atomic E-state index is 9.08. The molecule has 0 aromatic heterocycles. The molecular weight excluding hydrogens is 343 g/mol. The molecule has 1 aromatic rings. The van der Waals surface area contributed by atoms with Gasteiger partial charge in [0.25, 0.3) is 0 Å². The fourth-order valence-electron chi connectivity index (χ4n) is 0.489. The number of phenolic OH excluding ortho intramolecular Hbond substituents is 1. The predicted molar refractivity (Wildman–Crippen MR) is 33.5 cm³/mol. The van der Waals surface area contributed by atoms with Crippen LogP contribution in [0.15, 0.2) is 18.2 Å². The molecule has 51 valence electrons. The summed E-state index contributed by atoms with van der Waals surface area (Å²) in [5, 5.41) is 9.08. The SMILES string of the molecule is [2H]C([2H])([2H])Oc1c[c-]ccc1O.[Ac]. The Balaban J connectivity index is 0.00000144. The molecule has 0 spiro atoms. The van der Waals surface area contributed by atoms with E-state index < -0.39 is 7.04 Å². The van der Waals surface area contributed by atoms with E-state index in [2.05, 4.69) is 10.8 Å². The predicted octanol–water partition coefficient (Wildman–Crippen LogP) is 1.20. The van der Waals surface area contributed by atoms with Crippen molar-refractivity contribution in [2.24, 2.45) is 0 Å². The Morgan fingerprint density at radius 1 is 1.80 bits per heavy atom. The Labute approximate surface area is 100.0 Å². The van der Waals surface area contributed by atoms with Crippen LogP contribution in [0, 0.1) is 50.1 Å². The van der Waals surface area contributed by atoms with Crippen LogP contribution < -0.4 is 4.74 Å². The maximum absolute atomic E-state index is 9.08. The van der Waals surface area contributed by atoms with Crippen LogP contribution in [0.2, 0.25) is 0 Å². The van der Waals surface area contributed by atoms with E-state index in [0.717, 1.165) is 0 Å². The molecule has 1 N–H and O–H groups in total. The zero-order valence-electron chi connectivity index (χ0n) is 8.16. The van der Waals surface area contributed by atoms with Crippen molar-refractivity contribution in [2.75, 3.05) is 7.04 Å². The smallest absolute Gasteiger partial charge is 0.0652 e. The van der Waals surface area contributed by atoms with Gasteiger partial charge in [0.05, 0.1) is 11.2 Å². The van der Waals surface area contributed by atoms with E-state index in [9.17, 15) is 0 Å². The summed E-state index contributed by atoms with van der Waals surface area (Å²) >= 11 is 0. The molecule has 0 atom stereocenters. The first-order chi connectivity index (χ1) is 5.49. The molecule has 0 heterocycles. The van der Waals surface area contributed by atoms with Gasteiger partial charge in [-0.15, -0.1) is 12.1 Å². The summed E-state index contributed by atoms with van der Waals surface area (Å²) in [6.45, 7) is 0. The molecule has 10 heavy (non-hydrogen) atoms. The van der Waals surface area contributed by atoms with Gasteiger partial charge in [-0.3, -0.25) is 0 Å². The number of methoxy groups -OCH3 is 1. The maximum Gasteiger partial charge on any atom is 0.0652 e. The molecule has 1 radical (unpaired) electrons. The van der Waals surface area contributed by atoms with Crippen LogP contribution in [-0.4, -0.2) is 12.1 Å². The summed E-state index contributed by atoms with van der Waals surface area (Å²) in [5.74, 6) is -0.289. The van der Waals surface area contributed by atoms with Crippen molar-refractivity contribution in [2.45, 2.75) is 0 Å². The Morgan fingerprint density at radius 2 is 2.60 bits per heavy atom. The second kappa shape index (κ2) is 4.98. The van der Waals surface area contributed by atoms with Gasteiger partial charge >= 0.3 is 0 Å². The summed E-state index contributed by atoms with van der Waals surface area (Å²) in [5.41, 5.74) is 0. The average molecular weight is 353 g/mol. The van der Waals surface area contributed by atoms with Crippen molar-refractivity contribution in [3.8, 4) is 11.5 Å². The minimum absolute atomic E-state index is 0. The van der Waals surface area contributed by atoms with Crippen molar-refractivity contribution in [3.63, 3.8) is 0 Å². The Morgan fingerprint density at radius 3 is 3.20 bits per heavy atom. The second-order valence-electron chi connectivity index (χ2n) is 1.50. The molecule has 3 heteroatoms. The minimum Gasteiger partial charge on any atom is -0.551 e. The number of hydrogen-bond donors (Lipinski definition) is 1. The number of rotatable bonds is 1. The molecule has 2 nitrogen and oxygen atoms in total. The fourth-order valence-corrected chi connectivity index (χ4v) is 0.489. The molecule has 0 bridgehead atoms. The number of phenols is 1. The van der Waals surface area contributed by atoms with Gasteiger partial charge in [-0.1, -0.05) is 0 Å². The van der Waals surface area contributed by atoms with E-state index in [1.807, 2.05) is 0 Å². The summed E-state index contributed by atoms with van der Waals surface area (Å²) < 4.78 is 24.7. The first kappa shape index (κ1) is 5.85. The van der Waals surface area contributed by atoms with E-state index in [1.54, 1.807) is 0 Å². The van der Waals surface area contributed by atoms with Crippen molar-refractivity contribution in [1.29, 1.82) is 0 Å². The minimum atomic E-state index is -2.54. The van der Waals surface area contributed by atoms with Crippen molar-refractivity contribution in [3.05, 3.63) is 24.3 Å². The van der Waals surface area contributed by atoms with E-state index >= 15 is 0 Å².